The SMILES string of the molecule is COc1ccc(C(OC[C@H]2O[C@@H](n3cnc4c(NC(=O)c5ccccc5)ncnc43)[C@H](OP(OCCC#N)N(C(C)C)C(C)C)[C@@H]2OCO[Si](C(C)C)(C(C)C)C(C)C)(c2ccccc2)c2ccc(OC)cc2)cc1. The van der Waals surface area contributed by atoms with Crippen molar-refractivity contribution in [2.45, 2.75) is 135 Å². The Kier molecular flexibility index (Phi) is 19.7. The van der Waals surface area contributed by atoms with E-state index in [0.29, 0.717) is 28.2 Å². The second kappa shape index (κ2) is 25.9. The van der Waals surface area contributed by atoms with Crippen molar-refractivity contribution >= 4 is 39.7 Å². The molecule has 2 aromatic heterocycles. The summed E-state index contributed by atoms with van der Waals surface area (Å²) < 4.78 is 58.5. The zero-order valence-electron chi connectivity index (χ0n) is 45.4. The number of aromatic nitrogens is 4. The third kappa shape index (κ3) is 12.5. The average molecular weight is 1060 g/mol. The monoisotopic (exact) mass is 1060 g/mol. The Labute approximate surface area is 445 Å². The molecular formula is C57H74N7O9PSi. The lowest BCUT2D eigenvalue weighted by Crippen LogP contribution is -2.49. The van der Waals surface area contributed by atoms with Gasteiger partial charge in [-0.15, -0.1) is 0 Å². The second-order valence-corrected chi connectivity index (χ2v) is 26.9. The number of anilines is 1. The lowest BCUT2D eigenvalue weighted by atomic mass is 9.80. The van der Waals surface area contributed by atoms with Crippen molar-refractivity contribution in [2.75, 3.05) is 39.5 Å². The molecule has 18 heteroatoms. The van der Waals surface area contributed by atoms with E-state index in [-0.39, 0.29) is 66.9 Å². The number of carbonyl (C=O) groups is 1. The van der Waals surface area contributed by atoms with Crippen molar-refractivity contribution in [1.82, 2.24) is 24.2 Å². The largest absolute Gasteiger partial charge is 0.497 e. The van der Waals surface area contributed by atoms with Gasteiger partial charge >= 0.3 is 0 Å². The molecule has 4 aromatic carbocycles. The van der Waals surface area contributed by atoms with E-state index in [2.05, 4.69) is 102 Å². The van der Waals surface area contributed by atoms with Crippen LogP contribution in [-0.2, 0) is 33.3 Å². The number of benzene rings is 4. The number of hydrogen-bond donors (Lipinski definition) is 1. The van der Waals surface area contributed by atoms with Crippen LogP contribution in [0.2, 0.25) is 16.6 Å². The zero-order chi connectivity index (χ0) is 53.9. The van der Waals surface area contributed by atoms with Crippen LogP contribution in [0.4, 0.5) is 5.82 Å². The van der Waals surface area contributed by atoms with E-state index < -0.39 is 47.0 Å². The van der Waals surface area contributed by atoms with Crippen molar-refractivity contribution < 1.29 is 42.0 Å². The summed E-state index contributed by atoms with van der Waals surface area (Å²) in [4.78, 5) is 27.6. The molecule has 400 valence electrons. The molecule has 5 atom stereocenters. The third-order valence-electron chi connectivity index (χ3n) is 14.0. The number of amides is 1. The summed E-state index contributed by atoms with van der Waals surface area (Å²) in [6.07, 6.45) is -0.433. The Morgan fingerprint density at radius 1 is 0.773 bits per heavy atom. The van der Waals surface area contributed by atoms with Crippen LogP contribution in [0.15, 0.2) is 122 Å². The Morgan fingerprint density at radius 2 is 1.33 bits per heavy atom. The van der Waals surface area contributed by atoms with Gasteiger partial charge in [-0.3, -0.25) is 9.36 Å². The number of carbonyl (C=O) groups excluding carboxylic acids is 1. The maximum Gasteiger partial charge on any atom is 0.259 e. The molecule has 1 fully saturated rings. The van der Waals surface area contributed by atoms with E-state index in [1.54, 1.807) is 49.4 Å². The molecule has 3 heterocycles. The molecule has 0 aliphatic carbocycles. The van der Waals surface area contributed by atoms with E-state index in [0.717, 1.165) is 16.7 Å². The average Bonchev–Trinajstić information content (AvgIpc) is 3.99. The van der Waals surface area contributed by atoms with E-state index >= 15 is 0 Å². The molecule has 1 N–H and O–H groups in total. The van der Waals surface area contributed by atoms with Crippen molar-refractivity contribution in [3.05, 3.63) is 144 Å². The number of ether oxygens (including phenoxy) is 5. The molecule has 0 saturated carbocycles. The Bertz CT molecular complexity index is 2700. The summed E-state index contributed by atoms with van der Waals surface area (Å²) in [7, 11) is -1.07. The first-order valence-corrected chi connectivity index (χ1v) is 29.1. The number of nitriles is 1. The van der Waals surface area contributed by atoms with Crippen molar-refractivity contribution in [1.29, 1.82) is 5.26 Å². The molecule has 6 aromatic rings. The number of rotatable bonds is 26. The first-order chi connectivity index (χ1) is 36.1. The van der Waals surface area contributed by atoms with Gasteiger partial charge in [-0.25, -0.2) is 19.6 Å². The lowest BCUT2D eigenvalue weighted by molar-refractivity contribution is -0.123. The van der Waals surface area contributed by atoms with Gasteiger partial charge in [-0.05, 0) is 97.4 Å². The smallest absolute Gasteiger partial charge is 0.259 e. The van der Waals surface area contributed by atoms with Gasteiger partial charge in [0.15, 0.2) is 23.2 Å². The summed E-state index contributed by atoms with van der Waals surface area (Å²) in [5.41, 5.74) is 3.34. The number of fused-ring (bicyclic) bond motifs is 1. The normalized spacial score (nSPS) is 17.7. The Morgan fingerprint density at radius 3 is 1.87 bits per heavy atom. The highest BCUT2D eigenvalue weighted by Gasteiger charge is 2.53. The predicted molar refractivity (Wildman–Crippen MR) is 294 cm³/mol. The Balaban J connectivity index is 1.41. The van der Waals surface area contributed by atoms with Gasteiger partial charge in [0.2, 0.25) is 8.32 Å². The molecule has 0 bridgehead atoms. The fourth-order valence-electron chi connectivity index (χ4n) is 10.7. The summed E-state index contributed by atoms with van der Waals surface area (Å²) >= 11 is 0. The van der Waals surface area contributed by atoms with Crippen LogP contribution in [0.3, 0.4) is 0 Å². The van der Waals surface area contributed by atoms with Gasteiger partial charge in [0.25, 0.3) is 14.4 Å². The molecule has 0 radical (unpaired) electrons. The molecule has 7 rings (SSSR count). The maximum absolute atomic E-state index is 13.5. The van der Waals surface area contributed by atoms with Gasteiger partial charge in [-0.2, -0.15) is 5.26 Å². The van der Waals surface area contributed by atoms with Crippen LogP contribution in [-0.4, -0.2) is 103 Å². The molecule has 1 aliphatic heterocycles. The maximum atomic E-state index is 13.5. The molecule has 1 saturated heterocycles. The van der Waals surface area contributed by atoms with Crippen LogP contribution in [0, 0.1) is 11.3 Å². The highest BCUT2D eigenvalue weighted by molar-refractivity contribution is 7.44. The van der Waals surface area contributed by atoms with Crippen molar-refractivity contribution in [3.63, 3.8) is 0 Å². The van der Waals surface area contributed by atoms with Crippen LogP contribution in [0.25, 0.3) is 11.2 Å². The van der Waals surface area contributed by atoms with Crippen molar-refractivity contribution in [3.8, 4) is 17.6 Å². The first kappa shape index (κ1) is 57.1. The summed E-state index contributed by atoms with van der Waals surface area (Å²) in [6.45, 7) is 21.9. The molecule has 1 unspecified atom stereocenters. The minimum Gasteiger partial charge on any atom is -0.497 e. The predicted octanol–water partition coefficient (Wildman–Crippen LogP) is 12.2. The molecule has 1 amide bonds. The molecule has 1 aliphatic rings. The van der Waals surface area contributed by atoms with Gasteiger partial charge in [0.1, 0.15) is 48.5 Å². The highest BCUT2D eigenvalue weighted by atomic mass is 31.2. The van der Waals surface area contributed by atoms with Gasteiger partial charge in [0.05, 0.1) is 46.3 Å². The number of hydrogen-bond acceptors (Lipinski definition) is 14. The van der Waals surface area contributed by atoms with E-state index in [1.807, 2.05) is 72.8 Å². The standard InChI is InChI=1S/C57H74N7O9PSi/c1-38(2)64(39(3)4)74(70-33-19-32-58)73-52-51(68-37-71-75(40(5)6,41(7)8)42(9)10)49(72-56(52)63-36-61-50-53(59-35-60-54(50)63)62-55(65)43-20-15-13-16-21-43)34-69-57(44-22-17-14-18-23-44,45-24-28-47(66-11)29-25-45)46-26-30-48(67-12)31-27-46/h13-18,20-31,35-36,38-42,49,51-52,56H,19,33-34,37H2,1-12H3,(H,59,60,62,65)/t49-,51-,52-,56-,74?/m1/s1. The fraction of sp³-hybridized carbons (Fsp3) is 0.456. The zero-order valence-corrected chi connectivity index (χ0v) is 47.3. The summed E-state index contributed by atoms with van der Waals surface area (Å²) in [5.74, 6) is 1.26. The second-order valence-electron chi connectivity index (χ2n) is 20.1. The van der Waals surface area contributed by atoms with E-state index in [1.165, 1.54) is 6.33 Å². The lowest BCUT2D eigenvalue weighted by Gasteiger charge is -2.42. The minimum atomic E-state index is -2.48. The van der Waals surface area contributed by atoms with Crippen LogP contribution in [0.5, 0.6) is 11.5 Å². The third-order valence-corrected chi connectivity index (χ3v) is 22.1. The number of imidazole rings is 1. The number of nitrogens with one attached hydrogen (secondary N) is 1. The quantitative estimate of drug-likeness (QED) is 0.0179. The first-order valence-electron chi connectivity index (χ1n) is 25.8. The fourth-order valence-corrected chi connectivity index (χ4v) is 17.7. The Hall–Kier alpha value is -5.64. The number of methoxy groups -OCH3 is 2. The van der Waals surface area contributed by atoms with Gasteiger partial charge in [-0.1, -0.05) is 114 Å². The minimum absolute atomic E-state index is 0.0198. The topological polar surface area (TPSA) is 174 Å². The molecule has 0 spiro atoms. The number of nitrogens with zero attached hydrogens (tertiary/aromatic N) is 6. The van der Waals surface area contributed by atoms with Crippen LogP contribution in [0.1, 0.15) is 109 Å². The van der Waals surface area contributed by atoms with E-state index in [4.69, 9.17) is 47.1 Å². The molecular weight excluding hydrogens is 986 g/mol. The molecule has 16 nitrogen and oxygen atoms in total. The summed E-state index contributed by atoms with van der Waals surface area (Å²) in [5, 5.41) is 12.6. The highest BCUT2D eigenvalue weighted by Crippen LogP contribution is 2.52. The van der Waals surface area contributed by atoms with Crippen LogP contribution >= 0.6 is 8.53 Å². The van der Waals surface area contributed by atoms with Crippen LogP contribution < -0.4 is 14.8 Å². The van der Waals surface area contributed by atoms with Crippen molar-refractivity contribution in [2.24, 2.45) is 0 Å². The summed E-state index contributed by atoms with van der Waals surface area (Å²) in [6, 6.07) is 36.9. The van der Waals surface area contributed by atoms with Gasteiger partial charge in [0, 0.05) is 17.6 Å². The van der Waals surface area contributed by atoms with Gasteiger partial charge < -0.3 is 42.5 Å². The van der Waals surface area contributed by atoms with E-state index in [9.17, 15) is 10.1 Å². The molecule has 75 heavy (non-hydrogen) atoms.